The Labute approximate surface area is 127 Å². The molecule has 2 heterocycles. The summed E-state index contributed by atoms with van der Waals surface area (Å²) < 4.78 is 5.35. The van der Waals surface area contributed by atoms with Crippen molar-refractivity contribution in [2.75, 3.05) is 42.3 Å². The molecule has 1 saturated heterocycles. The molecule has 1 aromatic carbocycles. The monoisotopic (exact) mass is 305 g/mol. The zero-order chi connectivity index (χ0) is 14.7. The molecule has 1 aliphatic heterocycles. The van der Waals surface area contributed by atoms with Gasteiger partial charge in [0.15, 0.2) is 5.82 Å². The third kappa shape index (κ3) is 3.17. The number of benzene rings is 1. The Morgan fingerprint density at radius 1 is 1.14 bits per heavy atom. The van der Waals surface area contributed by atoms with Gasteiger partial charge in [-0.2, -0.15) is 0 Å². The number of nitrogens with two attached hydrogens (primary N) is 1. The summed E-state index contributed by atoms with van der Waals surface area (Å²) in [6.45, 7) is 3.38. The summed E-state index contributed by atoms with van der Waals surface area (Å²) in [5.74, 6) is 0.766. The maximum atomic E-state index is 6.06. The van der Waals surface area contributed by atoms with Crippen LogP contribution in [0.3, 0.4) is 0 Å². The topological polar surface area (TPSA) is 76.3 Å². The minimum Gasteiger partial charge on any atom is -0.382 e. The standard InChI is InChI=1S/C14H16ClN5O/c15-12-13(16)17-9-18-14(12)19-10-1-3-11(4-2-10)20-5-7-21-8-6-20/h1-4,9H,5-8H2,(H3,16,17,18,19). The van der Waals surface area contributed by atoms with Crippen LogP contribution in [0, 0.1) is 0 Å². The molecule has 1 fully saturated rings. The summed E-state index contributed by atoms with van der Waals surface area (Å²) in [4.78, 5) is 10.2. The van der Waals surface area contributed by atoms with Crippen LogP contribution in [0.25, 0.3) is 0 Å². The summed E-state index contributed by atoms with van der Waals surface area (Å²) in [7, 11) is 0. The van der Waals surface area contributed by atoms with Crippen molar-refractivity contribution in [2.45, 2.75) is 0 Å². The van der Waals surface area contributed by atoms with Crippen molar-refractivity contribution >= 4 is 34.6 Å². The summed E-state index contributed by atoms with van der Waals surface area (Å²) in [5, 5.41) is 3.47. The van der Waals surface area contributed by atoms with E-state index in [1.165, 1.54) is 12.0 Å². The highest BCUT2D eigenvalue weighted by Gasteiger charge is 2.11. The molecule has 0 spiro atoms. The number of hydrogen-bond acceptors (Lipinski definition) is 6. The van der Waals surface area contributed by atoms with Gasteiger partial charge in [-0.3, -0.25) is 0 Å². The fourth-order valence-electron chi connectivity index (χ4n) is 2.18. The Morgan fingerprint density at radius 3 is 2.57 bits per heavy atom. The number of nitrogens with zero attached hydrogens (tertiary/aromatic N) is 3. The first-order valence-corrected chi connectivity index (χ1v) is 7.07. The summed E-state index contributed by atoms with van der Waals surface area (Å²) in [5.41, 5.74) is 7.73. The molecule has 0 aliphatic carbocycles. The molecule has 1 aliphatic rings. The second-order valence-electron chi connectivity index (χ2n) is 4.69. The van der Waals surface area contributed by atoms with Crippen molar-refractivity contribution in [2.24, 2.45) is 0 Å². The molecule has 0 bridgehead atoms. The number of aromatic nitrogens is 2. The van der Waals surface area contributed by atoms with E-state index in [0.717, 1.165) is 32.0 Å². The fourth-order valence-corrected chi connectivity index (χ4v) is 2.33. The summed E-state index contributed by atoms with van der Waals surface area (Å²) in [6, 6.07) is 8.09. The Hall–Kier alpha value is -2.05. The second kappa shape index (κ2) is 6.15. The smallest absolute Gasteiger partial charge is 0.154 e. The average Bonchev–Trinajstić information content (AvgIpc) is 2.53. The van der Waals surface area contributed by atoms with Crippen LogP contribution in [0.4, 0.5) is 23.0 Å². The highest BCUT2D eigenvalue weighted by atomic mass is 35.5. The maximum Gasteiger partial charge on any atom is 0.154 e. The van der Waals surface area contributed by atoms with Gasteiger partial charge in [-0.1, -0.05) is 11.6 Å². The van der Waals surface area contributed by atoms with Gasteiger partial charge in [-0.25, -0.2) is 9.97 Å². The number of hydrogen-bond donors (Lipinski definition) is 2. The first-order valence-electron chi connectivity index (χ1n) is 6.70. The Balaban J connectivity index is 1.73. The number of nitrogen functional groups attached to an aromatic ring is 1. The lowest BCUT2D eigenvalue weighted by atomic mass is 10.2. The first kappa shape index (κ1) is 13.9. The lowest BCUT2D eigenvalue weighted by molar-refractivity contribution is 0.122. The lowest BCUT2D eigenvalue weighted by Crippen LogP contribution is -2.36. The molecule has 3 rings (SSSR count). The van der Waals surface area contributed by atoms with Crippen molar-refractivity contribution in [3.05, 3.63) is 35.6 Å². The Kier molecular flexibility index (Phi) is 4.08. The van der Waals surface area contributed by atoms with Crippen LogP contribution < -0.4 is 16.0 Å². The van der Waals surface area contributed by atoms with E-state index in [9.17, 15) is 0 Å². The summed E-state index contributed by atoms with van der Waals surface area (Å²) >= 11 is 6.06. The van der Waals surface area contributed by atoms with Gasteiger partial charge in [0.25, 0.3) is 0 Å². The molecule has 21 heavy (non-hydrogen) atoms. The predicted octanol–water partition coefficient (Wildman–Crippen LogP) is 2.29. The van der Waals surface area contributed by atoms with E-state index < -0.39 is 0 Å². The van der Waals surface area contributed by atoms with Crippen LogP contribution in [0.15, 0.2) is 30.6 Å². The van der Waals surface area contributed by atoms with Crippen LogP contribution in [0.1, 0.15) is 0 Å². The van der Waals surface area contributed by atoms with Gasteiger partial charge in [0.1, 0.15) is 17.2 Å². The van der Waals surface area contributed by atoms with Gasteiger partial charge in [-0.05, 0) is 24.3 Å². The number of rotatable bonds is 3. The van der Waals surface area contributed by atoms with Crippen molar-refractivity contribution < 1.29 is 4.74 Å². The fraction of sp³-hybridized carbons (Fsp3) is 0.286. The zero-order valence-electron chi connectivity index (χ0n) is 11.4. The highest BCUT2D eigenvalue weighted by Crippen LogP contribution is 2.27. The van der Waals surface area contributed by atoms with Crippen LogP contribution in [-0.4, -0.2) is 36.3 Å². The highest BCUT2D eigenvalue weighted by molar-refractivity contribution is 6.35. The Bertz CT molecular complexity index is 613. The molecule has 7 heteroatoms. The normalized spacial score (nSPS) is 15.0. The minimum absolute atomic E-state index is 0.263. The quantitative estimate of drug-likeness (QED) is 0.906. The molecule has 0 atom stereocenters. The third-order valence-electron chi connectivity index (χ3n) is 3.32. The van der Waals surface area contributed by atoms with Crippen molar-refractivity contribution in [1.82, 2.24) is 9.97 Å². The summed E-state index contributed by atoms with van der Waals surface area (Å²) in [6.07, 6.45) is 1.38. The van der Waals surface area contributed by atoms with E-state index >= 15 is 0 Å². The van der Waals surface area contributed by atoms with E-state index in [4.69, 9.17) is 22.1 Å². The number of ether oxygens (including phenoxy) is 1. The van der Waals surface area contributed by atoms with Crippen molar-refractivity contribution in [1.29, 1.82) is 0 Å². The second-order valence-corrected chi connectivity index (χ2v) is 5.07. The van der Waals surface area contributed by atoms with E-state index in [-0.39, 0.29) is 5.82 Å². The van der Waals surface area contributed by atoms with Gasteiger partial charge in [0.05, 0.1) is 13.2 Å². The van der Waals surface area contributed by atoms with Crippen LogP contribution in [-0.2, 0) is 4.74 Å². The minimum atomic E-state index is 0.263. The third-order valence-corrected chi connectivity index (χ3v) is 3.70. The van der Waals surface area contributed by atoms with Gasteiger partial charge in [-0.15, -0.1) is 0 Å². The number of halogens is 1. The van der Waals surface area contributed by atoms with Crippen LogP contribution >= 0.6 is 11.6 Å². The lowest BCUT2D eigenvalue weighted by Gasteiger charge is -2.28. The van der Waals surface area contributed by atoms with E-state index in [2.05, 4.69) is 32.3 Å². The molecular weight excluding hydrogens is 290 g/mol. The molecule has 2 aromatic rings. The average molecular weight is 306 g/mol. The zero-order valence-corrected chi connectivity index (χ0v) is 12.2. The molecule has 6 nitrogen and oxygen atoms in total. The van der Waals surface area contributed by atoms with Crippen molar-refractivity contribution in [3.63, 3.8) is 0 Å². The molecule has 1 aromatic heterocycles. The van der Waals surface area contributed by atoms with E-state index in [1.807, 2.05) is 12.1 Å². The van der Waals surface area contributed by atoms with Gasteiger partial charge in [0.2, 0.25) is 0 Å². The van der Waals surface area contributed by atoms with Gasteiger partial charge in [0, 0.05) is 24.5 Å². The molecule has 0 unspecified atom stereocenters. The first-order chi connectivity index (χ1) is 10.2. The molecule has 0 radical (unpaired) electrons. The maximum absolute atomic E-state index is 6.06. The number of morpholine rings is 1. The number of anilines is 4. The molecule has 110 valence electrons. The van der Waals surface area contributed by atoms with Crippen LogP contribution in [0.2, 0.25) is 5.02 Å². The van der Waals surface area contributed by atoms with Gasteiger partial charge >= 0.3 is 0 Å². The molecule has 0 saturated carbocycles. The SMILES string of the molecule is Nc1ncnc(Nc2ccc(N3CCOCC3)cc2)c1Cl. The van der Waals surface area contributed by atoms with Crippen molar-refractivity contribution in [3.8, 4) is 0 Å². The largest absolute Gasteiger partial charge is 0.382 e. The molecule has 3 N–H and O–H groups in total. The van der Waals surface area contributed by atoms with E-state index in [0.29, 0.717) is 10.8 Å². The molecular formula is C14H16ClN5O. The Morgan fingerprint density at radius 2 is 1.86 bits per heavy atom. The van der Waals surface area contributed by atoms with E-state index in [1.54, 1.807) is 0 Å². The van der Waals surface area contributed by atoms with Gasteiger partial charge < -0.3 is 20.7 Å². The predicted molar refractivity (Wildman–Crippen MR) is 84.2 cm³/mol. The van der Waals surface area contributed by atoms with Crippen LogP contribution in [0.5, 0.6) is 0 Å². The molecule has 0 amide bonds. The number of nitrogens with one attached hydrogen (secondary N) is 1.